The molecule has 2 rings (SSSR count). The van der Waals surface area contributed by atoms with Crippen LogP contribution in [0.25, 0.3) is 0 Å². The third kappa shape index (κ3) is 4.90. The average molecular weight is 395 g/mol. The number of benzene rings is 1. The summed E-state index contributed by atoms with van der Waals surface area (Å²) in [7, 11) is 0. The van der Waals surface area contributed by atoms with E-state index < -0.39 is 10.5 Å². The van der Waals surface area contributed by atoms with E-state index in [-0.39, 0.29) is 23.2 Å². The van der Waals surface area contributed by atoms with E-state index in [4.69, 9.17) is 15.3 Å². The number of carbonyl (C=O) groups is 1. The van der Waals surface area contributed by atoms with Gasteiger partial charge in [0, 0.05) is 37.9 Å². The maximum Gasteiger partial charge on any atom is 0.409 e. The lowest BCUT2D eigenvalue weighted by atomic mass is 10.1. The van der Waals surface area contributed by atoms with Gasteiger partial charge in [-0.25, -0.2) is 4.79 Å². The summed E-state index contributed by atoms with van der Waals surface area (Å²) in [6.45, 7) is 3.84. The number of hydrogen-bond donors (Lipinski definition) is 1. The molecule has 0 saturated carbocycles. The van der Waals surface area contributed by atoms with Crippen LogP contribution in [0.4, 0.5) is 21.9 Å². The highest BCUT2D eigenvalue weighted by molar-refractivity contribution is 5.73. The van der Waals surface area contributed by atoms with E-state index in [9.17, 15) is 20.2 Å². The van der Waals surface area contributed by atoms with E-state index in [2.05, 4.69) is 5.32 Å². The molecular weight excluding hydrogens is 378 g/mol. The van der Waals surface area contributed by atoms with Gasteiger partial charge < -0.3 is 19.9 Å². The summed E-state index contributed by atoms with van der Waals surface area (Å²) in [5, 5.41) is 40.9. The van der Waals surface area contributed by atoms with Crippen molar-refractivity contribution in [3.8, 4) is 18.2 Å². The molecule has 1 aromatic rings. The van der Waals surface area contributed by atoms with Crippen LogP contribution in [0.15, 0.2) is 29.5 Å². The predicted octanol–water partition coefficient (Wildman–Crippen LogP) is 2.11. The second kappa shape index (κ2) is 9.58. The Balaban J connectivity index is 2.28. The van der Waals surface area contributed by atoms with Gasteiger partial charge in [0.1, 0.15) is 29.6 Å². The van der Waals surface area contributed by atoms with Crippen molar-refractivity contribution in [1.29, 1.82) is 15.8 Å². The predicted molar refractivity (Wildman–Crippen MR) is 101 cm³/mol. The molecule has 11 nitrogen and oxygen atoms in total. The monoisotopic (exact) mass is 395 g/mol. The normalized spacial score (nSPS) is 12.8. The highest BCUT2D eigenvalue weighted by Gasteiger charge is 2.24. The number of allylic oxidation sites excluding steroid dienone is 2. The summed E-state index contributed by atoms with van der Waals surface area (Å²) in [5.41, 5.74) is -0.534. The van der Waals surface area contributed by atoms with E-state index in [1.54, 1.807) is 36.1 Å². The Hall–Kier alpha value is -4.30. The van der Waals surface area contributed by atoms with Crippen LogP contribution in [-0.4, -0.2) is 48.7 Å². The van der Waals surface area contributed by atoms with Gasteiger partial charge in [-0.2, -0.15) is 15.8 Å². The van der Waals surface area contributed by atoms with Crippen molar-refractivity contribution in [2.75, 3.05) is 43.0 Å². The van der Waals surface area contributed by atoms with Gasteiger partial charge in [0.05, 0.1) is 11.5 Å². The minimum absolute atomic E-state index is 0.0140. The number of piperazine rings is 1. The largest absolute Gasteiger partial charge is 0.450 e. The number of ether oxygens (including phenoxy) is 1. The van der Waals surface area contributed by atoms with Crippen LogP contribution in [0.1, 0.15) is 6.92 Å². The average Bonchev–Trinajstić information content (AvgIpc) is 2.73. The van der Waals surface area contributed by atoms with Gasteiger partial charge in [-0.3, -0.25) is 10.1 Å². The van der Waals surface area contributed by atoms with Crippen molar-refractivity contribution < 1.29 is 14.5 Å². The Morgan fingerprint density at radius 2 is 1.86 bits per heavy atom. The summed E-state index contributed by atoms with van der Waals surface area (Å²) in [6.07, 6.45) is -0.387. The summed E-state index contributed by atoms with van der Waals surface area (Å²) >= 11 is 0. The molecular formula is C18H17N7O4. The fourth-order valence-corrected chi connectivity index (χ4v) is 2.76. The number of nitrogens with zero attached hydrogens (tertiary/aromatic N) is 6. The third-order valence-electron chi connectivity index (χ3n) is 4.19. The number of anilines is 2. The number of nitriles is 3. The molecule has 0 spiro atoms. The number of hydrogen-bond acceptors (Lipinski definition) is 9. The first-order valence-corrected chi connectivity index (χ1v) is 8.61. The van der Waals surface area contributed by atoms with E-state index in [1.165, 1.54) is 12.1 Å². The molecule has 1 N–H and O–H groups in total. The van der Waals surface area contributed by atoms with E-state index in [1.807, 2.05) is 4.90 Å². The van der Waals surface area contributed by atoms with Gasteiger partial charge in [0.25, 0.3) is 5.69 Å². The second-order valence-electron chi connectivity index (χ2n) is 5.84. The Morgan fingerprint density at radius 1 is 1.21 bits per heavy atom. The van der Waals surface area contributed by atoms with Gasteiger partial charge in [0.15, 0.2) is 5.57 Å². The fraction of sp³-hybridized carbons (Fsp3) is 0.333. The van der Waals surface area contributed by atoms with Crippen molar-refractivity contribution >= 4 is 23.2 Å². The molecule has 1 heterocycles. The standard InChI is InChI=1S/C18H17N7O4/c1-2-29-18(26)24-7-5-23(6-8-24)14-3-4-17(25(27)28)15(9-14)22-16(12-21)13(10-19)11-20/h3-4,9,22H,2,5-8H2,1H3. The lowest BCUT2D eigenvalue weighted by Gasteiger charge is -2.35. The van der Waals surface area contributed by atoms with Gasteiger partial charge in [0.2, 0.25) is 0 Å². The van der Waals surface area contributed by atoms with Gasteiger partial charge >= 0.3 is 6.09 Å². The molecule has 0 aromatic heterocycles. The number of amides is 1. The van der Waals surface area contributed by atoms with Crippen LogP contribution >= 0.6 is 0 Å². The van der Waals surface area contributed by atoms with Crippen molar-refractivity contribution in [3.05, 3.63) is 39.6 Å². The number of nitro benzene ring substituents is 1. The van der Waals surface area contributed by atoms with Crippen molar-refractivity contribution in [1.82, 2.24) is 4.90 Å². The van der Waals surface area contributed by atoms with Crippen LogP contribution in [-0.2, 0) is 4.74 Å². The molecule has 0 unspecified atom stereocenters. The van der Waals surface area contributed by atoms with Crippen LogP contribution in [0, 0.1) is 44.1 Å². The molecule has 1 amide bonds. The Morgan fingerprint density at radius 3 is 2.38 bits per heavy atom. The summed E-state index contributed by atoms with van der Waals surface area (Å²) in [6, 6.07) is 9.15. The number of rotatable bonds is 5. The van der Waals surface area contributed by atoms with Crippen molar-refractivity contribution in [2.24, 2.45) is 0 Å². The van der Waals surface area contributed by atoms with Crippen LogP contribution < -0.4 is 10.2 Å². The highest BCUT2D eigenvalue weighted by atomic mass is 16.6. The molecule has 0 atom stereocenters. The first-order valence-electron chi connectivity index (χ1n) is 8.61. The molecule has 0 radical (unpaired) electrons. The topological polar surface area (TPSA) is 159 Å². The molecule has 0 bridgehead atoms. The molecule has 1 aliphatic heterocycles. The third-order valence-corrected chi connectivity index (χ3v) is 4.19. The zero-order valence-corrected chi connectivity index (χ0v) is 15.6. The van der Waals surface area contributed by atoms with E-state index in [0.717, 1.165) is 0 Å². The number of nitrogens with one attached hydrogen (secondary N) is 1. The Kier molecular flexibility index (Phi) is 6.94. The molecule has 1 fully saturated rings. The number of carbonyl (C=O) groups excluding carboxylic acids is 1. The van der Waals surface area contributed by atoms with Crippen LogP contribution in [0.5, 0.6) is 0 Å². The minimum atomic E-state index is -0.627. The van der Waals surface area contributed by atoms with Gasteiger partial charge in [-0.1, -0.05) is 0 Å². The van der Waals surface area contributed by atoms with Crippen LogP contribution in [0.3, 0.4) is 0 Å². The SMILES string of the molecule is CCOC(=O)N1CCN(c2ccc([N+](=O)[O-])c(NC(C#N)=C(C#N)C#N)c2)CC1. The number of nitro groups is 1. The smallest absolute Gasteiger partial charge is 0.409 e. The van der Waals surface area contributed by atoms with E-state index in [0.29, 0.717) is 38.5 Å². The lowest BCUT2D eigenvalue weighted by molar-refractivity contribution is -0.383. The summed E-state index contributed by atoms with van der Waals surface area (Å²) in [4.78, 5) is 26.0. The van der Waals surface area contributed by atoms with Gasteiger partial charge in [-0.05, 0) is 19.1 Å². The molecule has 0 aliphatic carbocycles. The highest BCUT2D eigenvalue weighted by Crippen LogP contribution is 2.31. The minimum Gasteiger partial charge on any atom is -0.450 e. The molecule has 1 aromatic carbocycles. The Bertz CT molecular complexity index is 944. The molecule has 1 saturated heterocycles. The molecule has 1 aliphatic rings. The zero-order chi connectivity index (χ0) is 21.4. The fourth-order valence-electron chi connectivity index (χ4n) is 2.76. The van der Waals surface area contributed by atoms with Crippen molar-refractivity contribution in [3.63, 3.8) is 0 Å². The van der Waals surface area contributed by atoms with Crippen LogP contribution in [0.2, 0.25) is 0 Å². The quantitative estimate of drug-likeness (QED) is 0.447. The summed E-state index contributed by atoms with van der Waals surface area (Å²) < 4.78 is 4.98. The van der Waals surface area contributed by atoms with Crippen molar-refractivity contribution in [2.45, 2.75) is 6.92 Å². The first kappa shape index (κ1) is 21.0. The maximum atomic E-state index is 11.8. The molecule has 11 heteroatoms. The zero-order valence-electron chi connectivity index (χ0n) is 15.6. The Labute approximate surface area is 166 Å². The second-order valence-corrected chi connectivity index (χ2v) is 5.84. The van der Waals surface area contributed by atoms with E-state index >= 15 is 0 Å². The molecule has 29 heavy (non-hydrogen) atoms. The first-order chi connectivity index (χ1) is 13.9. The maximum absolute atomic E-state index is 11.8. The van der Waals surface area contributed by atoms with Gasteiger partial charge in [-0.15, -0.1) is 0 Å². The summed E-state index contributed by atoms with van der Waals surface area (Å²) in [5.74, 6) is 0. The molecule has 148 valence electrons. The lowest BCUT2D eigenvalue weighted by Crippen LogP contribution is -2.49.